The smallest absolute Gasteiger partial charge is 0.120 e. The second kappa shape index (κ2) is 6.81. The van der Waals surface area contributed by atoms with Gasteiger partial charge in [-0.15, -0.1) is 0 Å². The lowest BCUT2D eigenvalue weighted by Gasteiger charge is -2.08. The van der Waals surface area contributed by atoms with Crippen LogP contribution in [0.1, 0.15) is 11.1 Å². The van der Waals surface area contributed by atoms with Gasteiger partial charge in [0.15, 0.2) is 0 Å². The van der Waals surface area contributed by atoms with Crippen molar-refractivity contribution in [3.63, 3.8) is 0 Å². The van der Waals surface area contributed by atoms with Crippen LogP contribution in [0.5, 0.6) is 5.75 Å². The highest BCUT2D eigenvalue weighted by atomic mass is 35.5. The van der Waals surface area contributed by atoms with Crippen LogP contribution in [-0.2, 0) is 6.61 Å². The largest absolute Gasteiger partial charge is 0.489 e. The van der Waals surface area contributed by atoms with Gasteiger partial charge in [0, 0.05) is 17.6 Å². The molecule has 0 amide bonds. The zero-order chi connectivity index (χ0) is 13.5. The SMILES string of the molecule is CN/N=C/c1cccc(OCc2ccccc2Cl)c1. The molecule has 0 saturated carbocycles. The molecule has 0 bridgehead atoms. The summed E-state index contributed by atoms with van der Waals surface area (Å²) >= 11 is 6.08. The maximum atomic E-state index is 6.08. The van der Waals surface area contributed by atoms with Crippen molar-refractivity contribution in [2.24, 2.45) is 5.10 Å². The minimum absolute atomic E-state index is 0.451. The van der Waals surface area contributed by atoms with E-state index >= 15 is 0 Å². The summed E-state index contributed by atoms with van der Waals surface area (Å²) in [5, 5.41) is 4.68. The predicted molar refractivity (Wildman–Crippen MR) is 78.9 cm³/mol. The van der Waals surface area contributed by atoms with Crippen LogP contribution in [0.15, 0.2) is 53.6 Å². The maximum Gasteiger partial charge on any atom is 0.120 e. The molecule has 0 fully saturated rings. The monoisotopic (exact) mass is 274 g/mol. The topological polar surface area (TPSA) is 33.6 Å². The van der Waals surface area contributed by atoms with Gasteiger partial charge in [0.2, 0.25) is 0 Å². The molecule has 2 aromatic carbocycles. The summed E-state index contributed by atoms with van der Waals surface area (Å²) in [7, 11) is 1.76. The van der Waals surface area contributed by atoms with Crippen LogP contribution in [0.25, 0.3) is 0 Å². The van der Waals surface area contributed by atoms with Gasteiger partial charge < -0.3 is 10.2 Å². The first-order valence-corrected chi connectivity index (χ1v) is 6.33. The van der Waals surface area contributed by atoms with Crippen molar-refractivity contribution in [1.29, 1.82) is 0 Å². The normalized spacial score (nSPS) is 10.6. The van der Waals surface area contributed by atoms with Crippen LogP contribution in [0.3, 0.4) is 0 Å². The third-order valence-electron chi connectivity index (χ3n) is 2.55. The second-order valence-electron chi connectivity index (χ2n) is 3.93. The number of rotatable bonds is 5. The van der Waals surface area contributed by atoms with Crippen molar-refractivity contribution in [1.82, 2.24) is 5.43 Å². The Morgan fingerprint density at radius 2 is 2.05 bits per heavy atom. The number of hydrazone groups is 1. The van der Waals surface area contributed by atoms with E-state index in [4.69, 9.17) is 16.3 Å². The molecular formula is C15H15ClN2O. The van der Waals surface area contributed by atoms with Crippen molar-refractivity contribution < 1.29 is 4.74 Å². The van der Waals surface area contributed by atoms with Gasteiger partial charge in [0.25, 0.3) is 0 Å². The first kappa shape index (κ1) is 13.4. The van der Waals surface area contributed by atoms with Crippen LogP contribution in [0.2, 0.25) is 5.02 Å². The third-order valence-corrected chi connectivity index (χ3v) is 2.92. The summed E-state index contributed by atoms with van der Waals surface area (Å²) in [6.07, 6.45) is 1.74. The minimum atomic E-state index is 0.451. The summed E-state index contributed by atoms with van der Waals surface area (Å²) in [5.74, 6) is 0.792. The van der Waals surface area contributed by atoms with Crippen LogP contribution < -0.4 is 10.2 Å². The van der Waals surface area contributed by atoms with Gasteiger partial charge in [-0.2, -0.15) is 5.10 Å². The Hall–Kier alpha value is -2.00. The van der Waals surface area contributed by atoms with E-state index in [1.54, 1.807) is 13.3 Å². The lowest BCUT2D eigenvalue weighted by atomic mass is 10.2. The Kier molecular flexibility index (Phi) is 4.81. The highest BCUT2D eigenvalue weighted by Crippen LogP contribution is 2.18. The van der Waals surface area contributed by atoms with Crippen molar-refractivity contribution in [2.45, 2.75) is 6.61 Å². The van der Waals surface area contributed by atoms with Gasteiger partial charge in [-0.1, -0.05) is 41.9 Å². The molecule has 2 aromatic rings. The summed E-state index contributed by atoms with van der Waals surface area (Å²) in [5.41, 5.74) is 4.66. The zero-order valence-corrected chi connectivity index (χ0v) is 11.4. The number of hydrogen-bond acceptors (Lipinski definition) is 3. The molecular weight excluding hydrogens is 260 g/mol. The number of nitrogens with zero attached hydrogens (tertiary/aromatic N) is 1. The van der Waals surface area contributed by atoms with E-state index in [-0.39, 0.29) is 0 Å². The Labute approximate surface area is 117 Å². The highest BCUT2D eigenvalue weighted by Gasteiger charge is 2.00. The van der Waals surface area contributed by atoms with Gasteiger partial charge in [0.1, 0.15) is 12.4 Å². The number of nitrogens with one attached hydrogen (secondary N) is 1. The standard InChI is InChI=1S/C15H15ClN2O/c1-17-18-10-12-5-4-7-14(9-12)19-11-13-6-2-3-8-15(13)16/h2-10,17H,11H2,1H3/b18-10+. The Bertz CT molecular complexity index is 570. The second-order valence-corrected chi connectivity index (χ2v) is 4.34. The Morgan fingerprint density at radius 3 is 2.84 bits per heavy atom. The van der Waals surface area contributed by atoms with E-state index in [1.807, 2.05) is 48.5 Å². The molecule has 98 valence electrons. The van der Waals surface area contributed by atoms with Gasteiger partial charge in [-0.25, -0.2) is 0 Å². The summed E-state index contributed by atoms with van der Waals surface area (Å²) in [4.78, 5) is 0. The van der Waals surface area contributed by atoms with Crippen molar-refractivity contribution in [3.05, 3.63) is 64.7 Å². The molecule has 0 aliphatic heterocycles. The number of benzene rings is 2. The van der Waals surface area contributed by atoms with E-state index in [9.17, 15) is 0 Å². The quantitative estimate of drug-likeness (QED) is 0.669. The van der Waals surface area contributed by atoms with Crippen LogP contribution >= 0.6 is 11.6 Å². The number of ether oxygens (including phenoxy) is 1. The van der Waals surface area contributed by atoms with Crippen LogP contribution in [0.4, 0.5) is 0 Å². The molecule has 0 heterocycles. The molecule has 0 spiro atoms. The third kappa shape index (κ3) is 4.00. The van der Waals surface area contributed by atoms with Gasteiger partial charge in [-0.05, 0) is 23.8 Å². The fourth-order valence-corrected chi connectivity index (χ4v) is 1.79. The molecule has 19 heavy (non-hydrogen) atoms. The minimum Gasteiger partial charge on any atom is -0.489 e. The molecule has 0 aromatic heterocycles. The van der Waals surface area contributed by atoms with Crippen LogP contribution in [0, 0.1) is 0 Å². The van der Waals surface area contributed by atoms with Crippen molar-refractivity contribution in [3.8, 4) is 5.75 Å². The van der Waals surface area contributed by atoms with Crippen LogP contribution in [-0.4, -0.2) is 13.3 Å². The molecule has 0 aliphatic rings. The predicted octanol–water partition coefficient (Wildman–Crippen LogP) is 3.47. The number of hydrogen-bond donors (Lipinski definition) is 1. The van der Waals surface area contributed by atoms with E-state index in [0.29, 0.717) is 6.61 Å². The van der Waals surface area contributed by atoms with Crippen molar-refractivity contribution in [2.75, 3.05) is 7.05 Å². The van der Waals surface area contributed by atoms with Crippen molar-refractivity contribution >= 4 is 17.8 Å². The van der Waals surface area contributed by atoms with Gasteiger partial charge >= 0.3 is 0 Å². The Morgan fingerprint density at radius 1 is 1.21 bits per heavy atom. The summed E-state index contributed by atoms with van der Waals surface area (Å²) < 4.78 is 5.73. The van der Waals surface area contributed by atoms with E-state index in [2.05, 4.69) is 10.5 Å². The lowest BCUT2D eigenvalue weighted by Crippen LogP contribution is -1.97. The summed E-state index contributed by atoms with van der Waals surface area (Å²) in [6, 6.07) is 15.4. The van der Waals surface area contributed by atoms with E-state index in [0.717, 1.165) is 21.9 Å². The number of halogens is 1. The molecule has 4 heteroatoms. The lowest BCUT2D eigenvalue weighted by molar-refractivity contribution is 0.306. The molecule has 2 rings (SSSR count). The maximum absolute atomic E-state index is 6.08. The molecule has 0 unspecified atom stereocenters. The van der Waals surface area contributed by atoms with Gasteiger partial charge in [-0.3, -0.25) is 0 Å². The molecule has 3 nitrogen and oxygen atoms in total. The first-order valence-electron chi connectivity index (χ1n) is 5.95. The molecule has 1 N–H and O–H groups in total. The molecule has 0 saturated heterocycles. The first-order chi connectivity index (χ1) is 9.29. The Balaban J connectivity index is 2.04. The zero-order valence-electron chi connectivity index (χ0n) is 10.6. The molecule has 0 radical (unpaired) electrons. The fraction of sp³-hybridized carbons (Fsp3) is 0.133. The van der Waals surface area contributed by atoms with E-state index in [1.165, 1.54) is 0 Å². The fourth-order valence-electron chi connectivity index (χ4n) is 1.60. The molecule has 0 atom stereocenters. The van der Waals surface area contributed by atoms with Gasteiger partial charge in [0.05, 0.1) is 6.21 Å². The average Bonchev–Trinajstić information content (AvgIpc) is 2.45. The average molecular weight is 275 g/mol. The van der Waals surface area contributed by atoms with E-state index < -0.39 is 0 Å². The molecule has 0 aliphatic carbocycles. The highest BCUT2D eigenvalue weighted by molar-refractivity contribution is 6.31. The summed E-state index contributed by atoms with van der Waals surface area (Å²) in [6.45, 7) is 0.451.